The van der Waals surface area contributed by atoms with Gasteiger partial charge in [0.2, 0.25) is 0 Å². The summed E-state index contributed by atoms with van der Waals surface area (Å²) in [6.07, 6.45) is 9.14. The van der Waals surface area contributed by atoms with Gasteiger partial charge in [0.25, 0.3) is 0 Å². The van der Waals surface area contributed by atoms with Gasteiger partial charge in [0.1, 0.15) is 0 Å². The zero-order valence-electron chi connectivity index (χ0n) is 11.9. The number of hydrogen-bond donors (Lipinski definition) is 2. The van der Waals surface area contributed by atoms with Crippen molar-refractivity contribution in [2.24, 2.45) is 0 Å². The van der Waals surface area contributed by atoms with Crippen LogP contribution in [0.1, 0.15) is 44.1 Å². The molecule has 0 aromatic carbocycles. The number of piperidine rings is 1. The normalized spacial score (nSPS) is 31.1. The number of aromatic nitrogens is 1. The Kier molecular flexibility index (Phi) is 4.06. The molecule has 20 heavy (non-hydrogen) atoms. The van der Waals surface area contributed by atoms with E-state index in [1.165, 1.54) is 6.42 Å². The molecule has 1 aromatic heterocycles. The maximum atomic E-state index is 10.8. The van der Waals surface area contributed by atoms with E-state index in [9.17, 15) is 10.2 Å². The molecule has 2 heterocycles. The number of aliphatic hydroxyl groups excluding tert-OH is 1. The van der Waals surface area contributed by atoms with E-state index in [4.69, 9.17) is 0 Å². The predicted octanol–water partition coefficient (Wildman–Crippen LogP) is 1.67. The summed E-state index contributed by atoms with van der Waals surface area (Å²) in [7, 11) is 0. The average molecular weight is 276 g/mol. The van der Waals surface area contributed by atoms with Crippen LogP contribution in [0.2, 0.25) is 0 Å². The van der Waals surface area contributed by atoms with Crippen LogP contribution in [0.5, 0.6) is 0 Å². The minimum atomic E-state index is -0.746. The van der Waals surface area contributed by atoms with Crippen LogP contribution >= 0.6 is 0 Å². The molecule has 110 valence electrons. The van der Waals surface area contributed by atoms with Gasteiger partial charge in [-0.2, -0.15) is 0 Å². The van der Waals surface area contributed by atoms with E-state index in [0.717, 1.165) is 50.8 Å². The highest BCUT2D eigenvalue weighted by Gasteiger charge is 2.38. The molecule has 0 radical (unpaired) electrons. The van der Waals surface area contributed by atoms with Crippen LogP contribution in [0.15, 0.2) is 24.5 Å². The first-order chi connectivity index (χ1) is 9.69. The van der Waals surface area contributed by atoms with Crippen LogP contribution < -0.4 is 0 Å². The quantitative estimate of drug-likeness (QED) is 0.862. The van der Waals surface area contributed by atoms with Crippen LogP contribution in [0.25, 0.3) is 0 Å². The summed E-state index contributed by atoms with van der Waals surface area (Å²) in [6.45, 7) is 1.71. The molecular formula is C16H24N2O2. The molecular weight excluding hydrogens is 252 g/mol. The molecule has 0 unspecified atom stereocenters. The Morgan fingerprint density at radius 2 is 1.95 bits per heavy atom. The fraction of sp³-hybridized carbons (Fsp3) is 0.688. The Hall–Kier alpha value is -0.970. The lowest BCUT2D eigenvalue weighted by atomic mass is 9.83. The lowest BCUT2D eigenvalue weighted by molar-refractivity contribution is -0.0607. The second-order valence-electron chi connectivity index (χ2n) is 6.23. The van der Waals surface area contributed by atoms with Crippen molar-refractivity contribution in [3.05, 3.63) is 30.1 Å². The number of aliphatic hydroxyl groups is 2. The first-order valence-corrected chi connectivity index (χ1v) is 7.74. The summed E-state index contributed by atoms with van der Waals surface area (Å²) in [5, 5.41) is 20.9. The summed E-state index contributed by atoms with van der Waals surface area (Å²) in [6, 6.07) is 4.13. The van der Waals surface area contributed by atoms with Crippen molar-refractivity contribution in [2.75, 3.05) is 13.1 Å². The molecule has 4 nitrogen and oxygen atoms in total. The Labute approximate surface area is 120 Å². The maximum Gasteiger partial charge on any atom is 0.0935 e. The van der Waals surface area contributed by atoms with Gasteiger partial charge in [-0.1, -0.05) is 18.9 Å². The van der Waals surface area contributed by atoms with Gasteiger partial charge in [0.05, 0.1) is 11.7 Å². The third-order valence-corrected chi connectivity index (χ3v) is 4.99. The van der Waals surface area contributed by atoms with Gasteiger partial charge in [0.15, 0.2) is 0 Å². The maximum absolute atomic E-state index is 10.8. The molecule has 0 spiro atoms. The van der Waals surface area contributed by atoms with Gasteiger partial charge in [-0.15, -0.1) is 0 Å². The van der Waals surface area contributed by atoms with Crippen LogP contribution in [-0.4, -0.2) is 45.3 Å². The van der Waals surface area contributed by atoms with E-state index in [2.05, 4.69) is 9.88 Å². The van der Waals surface area contributed by atoms with E-state index in [1.807, 2.05) is 12.1 Å². The van der Waals surface area contributed by atoms with Crippen LogP contribution in [0.3, 0.4) is 0 Å². The summed E-state index contributed by atoms with van der Waals surface area (Å²) >= 11 is 0. The molecule has 4 heteroatoms. The average Bonchev–Trinajstić information content (AvgIpc) is 2.50. The third-order valence-electron chi connectivity index (χ3n) is 4.99. The predicted molar refractivity (Wildman–Crippen MR) is 77.2 cm³/mol. The van der Waals surface area contributed by atoms with Gasteiger partial charge in [-0.25, -0.2) is 0 Å². The molecule has 2 aliphatic rings. The second-order valence-corrected chi connectivity index (χ2v) is 6.23. The summed E-state index contributed by atoms with van der Waals surface area (Å²) < 4.78 is 0. The van der Waals surface area contributed by atoms with Gasteiger partial charge in [-0.05, 0) is 31.7 Å². The first-order valence-electron chi connectivity index (χ1n) is 7.74. The Balaban J connectivity index is 1.64. The van der Waals surface area contributed by atoms with Crippen LogP contribution in [-0.2, 0) is 5.60 Å². The smallest absolute Gasteiger partial charge is 0.0935 e. The van der Waals surface area contributed by atoms with Crippen molar-refractivity contribution in [1.29, 1.82) is 0 Å². The van der Waals surface area contributed by atoms with Gasteiger partial charge in [-0.3, -0.25) is 9.88 Å². The molecule has 3 rings (SSSR count). The first kappa shape index (κ1) is 14.0. The molecule has 1 aromatic rings. The second kappa shape index (κ2) is 5.80. The van der Waals surface area contributed by atoms with Crippen molar-refractivity contribution < 1.29 is 10.2 Å². The third kappa shape index (κ3) is 2.73. The lowest BCUT2D eigenvalue weighted by Gasteiger charge is -2.44. The highest BCUT2D eigenvalue weighted by atomic mass is 16.3. The summed E-state index contributed by atoms with van der Waals surface area (Å²) in [4.78, 5) is 6.48. The molecule has 2 N–H and O–H groups in total. The minimum Gasteiger partial charge on any atom is -0.391 e. The van der Waals surface area contributed by atoms with Crippen molar-refractivity contribution in [3.8, 4) is 0 Å². The molecule has 1 aliphatic carbocycles. The highest BCUT2D eigenvalue weighted by molar-refractivity contribution is 5.19. The largest absolute Gasteiger partial charge is 0.391 e. The molecule has 0 amide bonds. The fourth-order valence-corrected chi connectivity index (χ4v) is 3.67. The molecule has 1 saturated heterocycles. The number of nitrogens with zero attached hydrogens (tertiary/aromatic N) is 2. The van der Waals surface area contributed by atoms with Crippen LogP contribution in [0.4, 0.5) is 0 Å². The van der Waals surface area contributed by atoms with Gasteiger partial charge in [0, 0.05) is 37.1 Å². The molecule has 2 fully saturated rings. The number of hydrogen-bond acceptors (Lipinski definition) is 4. The van der Waals surface area contributed by atoms with Crippen LogP contribution in [0, 0.1) is 0 Å². The van der Waals surface area contributed by atoms with E-state index in [-0.39, 0.29) is 6.10 Å². The van der Waals surface area contributed by atoms with E-state index >= 15 is 0 Å². The Morgan fingerprint density at radius 1 is 1.20 bits per heavy atom. The number of likely N-dealkylation sites (tertiary alicyclic amines) is 1. The zero-order valence-corrected chi connectivity index (χ0v) is 11.9. The van der Waals surface area contributed by atoms with Crippen molar-refractivity contribution in [3.63, 3.8) is 0 Å². The summed E-state index contributed by atoms with van der Waals surface area (Å²) in [5.41, 5.74) is 0.175. The topological polar surface area (TPSA) is 56.6 Å². The van der Waals surface area contributed by atoms with E-state index in [1.54, 1.807) is 12.4 Å². The van der Waals surface area contributed by atoms with E-state index in [0.29, 0.717) is 6.04 Å². The fourth-order valence-electron chi connectivity index (χ4n) is 3.67. The number of pyridine rings is 1. The minimum absolute atomic E-state index is 0.187. The zero-order chi connectivity index (χ0) is 14.0. The highest BCUT2D eigenvalue weighted by Crippen LogP contribution is 2.35. The van der Waals surface area contributed by atoms with Crippen molar-refractivity contribution in [1.82, 2.24) is 9.88 Å². The van der Waals surface area contributed by atoms with Crippen molar-refractivity contribution in [2.45, 2.75) is 56.3 Å². The van der Waals surface area contributed by atoms with Gasteiger partial charge < -0.3 is 10.2 Å². The molecule has 2 atom stereocenters. The molecule has 1 aliphatic heterocycles. The lowest BCUT2D eigenvalue weighted by Crippen LogP contribution is -2.51. The summed E-state index contributed by atoms with van der Waals surface area (Å²) in [5.74, 6) is 0. The molecule has 1 saturated carbocycles. The van der Waals surface area contributed by atoms with Gasteiger partial charge >= 0.3 is 0 Å². The standard InChI is InChI=1S/C16H24N2O2/c19-15-6-2-1-5-14(15)18-10-7-16(20,8-11-18)13-4-3-9-17-12-13/h3-4,9,12,14-15,19-20H,1-2,5-8,10-11H2/t14-,15-/m1/s1. The number of rotatable bonds is 2. The van der Waals surface area contributed by atoms with E-state index < -0.39 is 5.60 Å². The Bertz CT molecular complexity index is 429. The van der Waals surface area contributed by atoms with Crippen molar-refractivity contribution >= 4 is 0 Å². The SMILES string of the molecule is O[C@@H]1CCCC[C@H]1N1CCC(O)(c2cccnc2)CC1. The molecule has 0 bridgehead atoms. The monoisotopic (exact) mass is 276 g/mol. The Morgan fingerprint density at radius 3 is 2.60 bits per heavy atom.